The molecule has 0 N–H and O–H groups in total. The lowest BCUT2D eigenvalue weighted by atomic mass is 9.61. The van der Waals surface area contributed by atoms with E-state index >= 15 is 0 Å². The fourth-order valence-electron chi connectivity index (χ4n) is 6.30. The number of hydrogen-bond acceptors (Lipinski definition) is 4. The summed E-state index contributed by atoms with van der Waals surface area (Å²) < 4.78 is 12.0. The van der Waals surface area contributed by atoms with Gasteiger partial charge in [-0.05, 0) is 73.6 Å². The van der Waals surface area contributed by atoms with Gasteiger partial charge in [0.25, 0.3) is 0 Å². The molecule has 0 aromatic heterocycles. The number of rotatable bonds is 4. The van der Waals surface area contributed by atoms with Crippen LogP contribution in [-0.4, -0.2) is 24.1 Å². The smallest absolute Gasteiger partial charge is 0.338 e. The van der Waals surface area contributed by atoms with Crippen molar-refractivity contribution in [1.29, 1.82) is 0 Å². The molecule has 4 aliphatic rings. The van der Waals surface area contributed by atoms with E-state index in [2.05, 4.69) is 0 Å². The van der Waals surface area contributed by atoms with Crippen molar-refractivity contribution in [3.8, 4) is 0 Å². The third-order valence-electron chi connectivity index (χ3n) is 7.78. The Balaban J connectivity index is 1.38. The van der Waals surface area contributed by atoms with Crippen LogP contribution in [0.3, 0.4) is 0 Å². The molecule has 2 bridgehead atoms. The maximum absolute atomic E-state index is 12.8. The Morgan fingerprint density at radius 1 is 0.613 bits per heavy atom. The molecule has 2 aromatic rings. The van der Waals surface area contributed by atoms with Crippen molar-refractivity contribution in [3.05, 3.63) is 71.8 Å². The molecule has 6 unspecified atom stereocenters. The third kappa shape index (κ3) is 4.26. The van der Waals surface area contributed by atoms with Crippen LogP contribution in [0.5, 0.6) is 0 Å². The number of esters is 2. The van der Waals surface area contributed by atoms with E-state index in [0.717, 1.165) is 12.8 Å². The van der Waals surface area contributed by atoms with Crippen LogP contribution in [0.15, 0.2) is 60.7 Å². The molecule has 0 radical (unpaired) electrons. The number of fused-ring (bicyclic) bond motifs is 3. The van der Waals surface area contributed by atoms with Gasteiger partial charge in [0.05, 0.1) is 11.1 Å². The number of benzene rings is 2. The first-order valence-electron chi connectivity index (χ1n) is 11.7. The Bertz CT molecular complexity index is 830. The molecular formula is C27H30O4. The molecule has 162 valence electrons. The summed E-state index contributed by atoms with van der Waals surface area (Å²) in [6.45, 7) is 0. The summed E-state index contributed by atoms with van der Waals surface area (Å²) in [4.78, 5) is 25.7. The summed E-state index contributed by atoms with van der Waals surface area (Å²) in [6.07, 6.45) is 7.28. The highest BCUT2D eigenvalue weighted by Gasteiger charge is 2.49. The predicted octanol–water partition coefficient (Wildman–Crippen LogP) is 5.67. The average Bonchev–Trinajstić information content (AvgIpc) is 3.15. The van der Waals surface area contributed by atoms with Crippen LogP contribution >= 0.6 is 0 Å². The highest BCUT2D eigenvalue weighted by molar-refractivity contribution is 5.90. The molecule has 4 saturated carbocycles. The first kappa shape index (κ1) is 20.3. The van der Waals surface area contributed by atoms with E-state index in [1.54, 1.807) is 24.3 Å². The molecule has 6 rings (SSSR count). The average molecular weight is 419 g/mol. The van der Waals surface area contributed by atoms with Crippen LogP contribution in [0.4, 0.5) is 0 Å². The lowest BCUT2D eigenvalue weighted by Crippen LogP contribution is -2.48. The normalized spacial score (nSPS) is 31.9. The van der Waals surface area contributed by atoms with Gasteiger partial charge in [0, 0.05) is 0 Å². The zero-order chi connectivity index (χ0) is 21.2. The summed E-state index contributed by atoms with van der Waals surface area (Å²) >= 11 is 0. The fraction of sp³-hybridized carbons (Fsp3) is 0.481. The van der Waals surface area contributed by atoms with Gasteiger partial charge in [0.2, 0.25) is 0 Å². The molecule has 0 heterocycles. The summed E-state index contributed by atoms with van der Waals surface area (Å²) in [7, 11) is 0. The van der Waals surface area contributed by atoms with Gasteiger partial charge in [-0.25, -0.2) is 9.59 Å². The van der Waals surface area contributed by atoms with Crippen LogP contribution in [0.1, 0.15) is 65.7 Å². The minimum absolute atomic E-state index is 0.330. The second kappa shape index (κ2) is 8.86. The van der Waals surface area contributed by atoms with Crippen LogP contribution in [-0.2, 0) is 9.47 Å². The van der Waals surface area contributed by atoms with Crippen LogP contribution < -0.4 is 0 Å². The highest BCUT2D eigenvalue weighted by atomic mass is 16.6. The lowest BCUT2D eigenvalue weighted by Gasteiger charge is -2.48. The van der Waals surface area contributed by atoms with E-state index in [-0.39, 0.29) is 24.1 Å². The highest BCUT2D eigenvalue weighted by Crippen LogP contribution is 2.53. The Morgan fingerprint density at radius 2 is 1.03 bits per heavy atom. The second-order valence-electron chi connectivity index (χ2n) is 9.45. The third-order valence-corrected chi connectivity index (χ3v) is 7.78. The molecule has 0 saturated heterocycles. The molecule has 0 amide bonds. The lowest BCUT2D eigenvalue weighted by molar-refractivity contribution is -0.0976. The second-order valence-corrected chi connectivity index (χ2v) is 9.45. The first-order valence-corrected chi connectivity index (χ1v) is 11.7. The minimum Gasteiger partial charge on any atom is -0.455 e. The molecule has 4 aliphatic carbocycles. The number of carbonyl (C=O) groups is 2. The molecule has 4 heteroatoms. The van der Waals surface area contributed by atoms with Crippen molar-refractivity contribution in [3.63, 3.8) is 0 Å². The molecule has 31 heavy (non-hydrogen) atoms. The predicted molar refractivity (Wildman–Crippen MR) is 118 cm³/mol. The van der Waals surface area contributed by atoms with Crippen LogP contribution in [0, 0.1) is 23.7 Å². The van der Waals surface area contributed by atoms with Crippen LogP contribution in [0.25, 0.3) is 0 Å². The fourth-order valence-corrected chi connectivity index (χ4v) is 6.30. The topological polar surface area (TPSA) is 52.6 Å². The van der Waals surface area contributed by atoms with Gasteiger partial charge in [0.15, 0.2) is 0 Å². The summed E-state index contributed by atoms with van der Waals surface area (Å²) in [5.74, 6) is 1.91. The van der Waals surface area contributed by atoms with Gasteiger partial charge in [-0.1, -0.05) is 55.7 Å². The zero-order valence-electron chi connectivity index (χ0n) is 17.8. The van der Waals surface area contributed by atoms with Gasteiger partial charge in [-0.2, -0.15) is 0 Å². The Labute approximate surface area is 183 Å². The summed E-state index contributed by atoms with van der Waals surface area (Å²) in [6, 6.07) is 18.2. The quantitative estimate of drug-likeness (QED) is 0.600. The Morgan fingerprint density at radius 3 is 1.45 bits per heavy atom. The monoisotopic (exact) mass is 418 g/mol. The maximum atomic E-state index is 12.8. The van der Waals surface area contributed by atoms with E-state index in [9.17, 15) is 9.59 Å². The van der Waals surface area contributed by atoms with Crippen molar-refractivity contribution in [1.82, 2.24) is 0 Å². The van der Waals surface area contributed by atoms with Gasteiger partial charge in [-0.15, -0.1) is 0 Å². The number of hydrogen-bond donors (Lipinski definition) is 0. The van der Waals surface area contributed by atoms with Gasteiger partial charge < -0.3 is 9.47 Å². The standard InChI is InChI=1S/C27H30O4/c28-26(20-8-3-1-4-9-20)30-24-16-22-18-12-7-13-19(15-14-18)23(22)17-25(24)31-27(29)21-10-5-2-6-11-21/h1-6,8-11,18-19,22-25H,7,12-17H2. The molecule has 4 nitrogen and oxygen atoms in total. The van der Waals surface area contributed by atoms with Crippen molar-refractivity contribution in [2.75, 3.05) is 0 Å². The SMILES string of the molecule is O=C(OC1CC2C3CCCC(CC3)C2CC1OC(=O)c1ccccc1)c1ccccc1. The van der Waals surface area contributed by atoms with Crippen molar-refractivity contribution in [2.45, 2.75) is 57.2 Å². The van der Waals surface area contributed by atoms with Gasteiger partial charge in [0.1, 0.15) is 12.2 Å². The van der Waals surface area contributed by atoms with Crippen molar-refractivity contribution >= 4 is 11.9 Å². The van der Waals surface area contributed by atoms with Crippen molar-refractivity contribution in [2.24, 2.45) is 23.7 Å². The Hall–Kier alpha value is -2.62. The first-order chi connectivity index (χ1) is 15.2. The molecule has 2 aromatic carbocycles. The maximum Gasteiger partial charge on any atom is 0.338 e. The minimum atomic E-state index is -0.388. The van der Waals surface area contributed by atoms with Gasteiger partial charge >= 0.3 is 11.9 Å². The molecule has 0 aliphatic heterocycles. The van der Waals surface area contributed by atoms with E-state index < -0.39 is 0 Å². The Kier molecular flexibility index (Phi) is 5.80. The van der Waals surface area contributed by atoms with E-state index in [0.29, 0.717) is 34.8 Å². The summed E-state index contributed by atoms with van der Waals surface area (Å²) in [5, 5.41) is 0. The van der Waals surface area contributed by atoms with E-state index in [1.807, 2.05) is 36.4 Å². The molecular weight excluding hydrogens is 388 g/mol. The molecule has 4 fully saturated rings. The van der Waals surface area contributed by atoms with Crippen molar-refractivity contribution < 1.29 is 19.1 Å². The molecule has 6 atom stereocenters. The zero-order valence-corrected chi connectivity index (χ0v) is 17.8. The van der Waals surface area contributed by atoms with Gasteiger partial charge in [-0.3, -0.25) is 0 Å². The number of carbonyl (C=O) groups excluding carboxylic acids is 2. The largest absolute Gasteiger partial charge is 0.455 e. The van der Waals surface area contributed by atoms with Crippen LogP contribution in [0.2, 0.25) is 0 Å². The van der Waals surface area contributed by atoms with E-state index in [4.69, 9.17) is 9.47 Å². The molecule has 0 spiro atoms. The van der Waals surface area contributed by atoms with E-state index in [1.165, 1.54) is 32.1 Å². The summed E-state index contributed by atoms with van der Waals surface area (Å²) in [5.41, 5.74) is 1.08. The number of ether oxygens (including phenoxy) is 2.